The Balaban J connectivity index is 1.58. The molecular weight excluding hydrogens is 465 g/mol. The van der Waals surface area contributed by atoms with E-state index in [1.807, 2.05) is 6.92 Å². The largest absolute Gasteiger partial charge is 0.356 e. The molecule has 1 amide bonds. The van der Waals surface area contributed by atoms with Crippen molar-refractivity contribution < 1.29 is 9.18 Å². The topological polar surface area (TPSA) is 73.1 Å². The van der Waals surface area contributed by atoms with Gasteiger partial charge in [-0.25, -0.2) is 9.18 Å². The van der Waals surface area contributed by atoms with E-state index in [4.69, 9.17) is 11.6 Å². The SMILES string of the molecule is CCCNC(=O)C1CCC(Cn2c(=O)c3sccc3n(Cc3ccc(F)cc3Cl)c2=O)CC1. The number of nitrogens with zero attached hydrogens (tertiary/aromatic N) is 2. The van der Waals surface area contributed by atoms with Crippen LogP contribution in [0.5, 0.6) is 0 Å². The summed E-state index contributed by atoms with van der Waals surface area (Å²) in [7, 11) is 0. The smallest absolute Gasteiger partial charge is 0.331 e. The Morgan fingerprint density at radius 1 is 1.18 bits per heavy atom. The highest BCUT2D eigenvalue weighted by Gasteiger charge is 2.27. The zero-order valence-corrected chi connectivity index (χ0v) is 20.1. The molecule has 1 fully saturated rings. The monoisotopic (exact) mass is 491 g/mol. The van der Waals surface area contributed by atoms with E-state index in [-0.39, 0.29) is 34.9 Å². The lowest BCUT2D eigenvalue weighted by molar-refractivity contribution is -0.126. The lowest BCUT2D eigenvalue weighted by Gasteiger charge is -2.28. The number of amides is 1. The number of hydrogen-bond acceptors (Lipinski definition) is 4. The van der Waals surface area contributed by atoms with Crippen LogP contribution in [0.1, 0.15) is 44.6 Å². The van der Waals surface area contributed by atoms with Crippen molar-refractivity contribution in [3.8, 4) is 0 Å². The van der Waals surface area contributed by atoms with Gasteiger partial charge in [-0.2, -0.15) is 0 Å². The Hall–Kier alpha value is -2.45. The lowest BCUT2D eigenvalue weighted by Crippen LogP contribution is -2.42. The number of fused-ring (bicyclic) bond motifs is 1. The minimum Gasteiger partial charge on any atom is -0.356 e. The highest BCUT2D eigenvalue weighted by atomic mass is 35.5. The first kappa shape index (κ1) is 23.7. The average molecular weight is 492 g/mol. The van der Waals surface area contributed by atoms with Gasteiger partial charge in [0.05, 0.1) is 12.1 Å². The number of aromatic nitrogens is 2. The molecule has 0 aliphatic heterocycles. The van der Waals surface area contributed by atoms with Gasteiger partial charge in [-0.05, 0) is 67.2 Å². The summed E-state index contributed by atoms with van der Waals surface area (Å²) in [4.78, 5) is 38.8. The number of nitrogens with one attached hydrogen (secondary N) is 1. The lowest BCUT2D eigenvalue weighted by atomic mass is 9.81. The van der Waals surface area contributed by atoms with Gasteiger partial charge in [0.25, 0.3) is 5.56 Å². The van der Waals surface area contributed by atoms with Crippen LogP contribution >= 0.6 is 22.9 Å². The Kier molecular flexibility index (Phi) is 7.34. The predicted octanol–water partition coefficient (Wildman–Crippen LogP) is 4.40. The Bertz CT molecular complexity index is 1270. The maximum Gasteiger partial charge on any atom is 0.331 e. The van der Waals surface area contributed by atoms with E-state index in [9.17, 15) is 18.8 Å². The van der Waals surface area contributed by atoms with Crippen LogP contribution in [0.2, 0.25) is 5.02 Å². The maximum atomic E-state index is 13.5. The van der Waals surface area contributed by atoms with Crippen molar-refractivity contribution in [1.29, 1.82) is 0 Å². The van der Waals surface area contributed by atoms with Crippen molar-refractivity contribution >= 4 is 39.1 Å². The summed E-state index contributed by atoms with van der Waals surface area (Å²) in [6, 6.07) is 5.84. The molecule has 3 aromatic rings. The van der Waals surface area contributed by atoms with Gasteiger partial charge in [-0.15, -0.1) is 11.3 Å². The van der Waals surface area contributed by atoms with E-state index in [1.54, 1.807) is 17.5 Å². The number of carbonyl (C=O) groups excluding carboxylic acids is 1. The van der Waals surface area contributed by atoms with Gasteiger partial charge < -0.3 is 5.32 Å². The zero-order valence-electron chi connectivity index (χ0n) is 18.5. The Morgan fingerprint density at radius 2 is 1.94 bits per heavy atom. The first-order valence-corrected chi connectivity index (χ1v) is 12.6. The molecular formula is C24H27ClFN3O3S. The van der Waals surface area contributed by atoms with Crippen LogP contribution in [0, 0.1) is 17.7 Å². The quantitative estimate of drug-likeness (QED) is 0.532. The van der Waals surface area contributed by atoms with Gasteiger partial charge in [-0.3, -0.25) is 18.7 Å². The number of hydrogen-bond donors (Lipinski definition) is 1. The molecule has 176 valence electrons. The van der Waals surface area contributed by atoms with Gasteiger partial charge in [-0.1, -0.05) is 24.6 Å². The molecule has 1 aliphatic rings. The molecule has 0 spiro atoms. The van der Waals surface area contributed by atoms with Crippen molar-refractivity contribution in [3.63, 3.8) is 0 Å². The van der Waals surface area contributed by atoms with E-state index in [0.29, 0.717) is 28.9 Å². The first-order valence-electron chi connectivity index (χ1n) is 11.3. The van der Waals surface area contributed by atoms with Crippen LogP contribution in [0.3, 0.4) is 0 Å². The number of halogens is 2. The predicted molar refractivity (Wildman–Crippen MR) is 130 cm³/mol. The van der Waals surface area contributed by atoms with Crippen molar-refractivity contribution in [2.45, 2.75) is 52.1 Å². The summed E-state index contributed by atoms with van der Waals surface area (Å²) in [6.45, 7) is 3.19. The maximum absolute atomic E-state index is 13.5. The summed E-state index contributed by atoms with van der Waals surface area (Å²) >= 11 is 7.50. The Morgan fingerprint density at radius 3 is 2.64 bits per heavy atom. The summed E-state index contributed by atoms with van der Waals surface area (Å²) in [5.41, 5.74) is 0.489. The molecule has 4 rings (SSSR count). The Labute approximate surface area is 200 Å². The molecule has 0 atom stereocenters. The normalized spacial score (nSPS) is 18.5. The van der Waals surface area contributed by atoms with Crippen molar-refractivity contribution in [3.05, 3.63) is 66.9 Å². The van der Waals surface area contributed by atoms with E-state index in [1.165, 1.54) is 32.6 Å². The minimum atomic E-state index is -0.444. The molecule has 1 N–H and O–H groups in total. The van der Waals surface area contributed by atoms with Gasteiger partial charge in [0.1, 0.15) is 10.5 Å². The number of thiophene rings is 1. The third kappa shape index (κ3) is 5.06. The minimum absolute atomic E-state index is 0.00146. The highest BCUT2D eigenvalue weighted by Crippen LogP contribution is 2.30. The second-order valence-corrected chi connectivity index (χ2v) is 9.99. The second-order valence-electron chi connectivity index (χ2n) is 8.66. The third-order valence-corrected chi connectivity index (χ3v) is 7.63. The van der Waals surface area contributed by atoms with Crippen LogP contribution in [-0.2, 0) is 17.9 Å². The molecule has 6 nitrogen and oxygen atoms in total. The average Bonchev–Trinajstić information content (AvgIpc) is 3.29. The third-order valence-electron chi connectivity index (χ3n) is 6.39. The van der Waals surface area contributed by atoms with E-state index in [0.717, 1.165) is 32.1 Å². The van der Waals surface area contributed by atoms with Gasteiger partial charge in [0.15, 0.2) is 0 Å². The van der Waals surface area contributed by atoms with E-state index >= 15 is 0 Å². The van der Waals surface area contributed by atoms with Crippen LogP contribution in [0.15, 0.2) is 39.2 Å². The van der Waals surface area contributed by atoms with Crippen LogP contribution in [-0.4, -0.2) is 21.6 Å². The van der Waals surface area contributed by atoms with Crippen LogP contribution in [0.25, 0.3) is 10.2 Å². The molecule has 0 unspecified atom stereocenters. The molecule has 33 heavy (non-hydrogen) atoms. The molecule has 2 heterocycles. The first-order chi connectivity index (χ1) is 15.9. The van der Waals surface area contributed by atoms with Gasteiger partial charge >= 0.3 is 5.69 Å². The number of benzene rings is 1. The fraction of sp³-hybridized carbons (Fsp3) is 0.458. The number of carbonyl (C=O) groups is 1. The molecule has 1 aromatic carbocycles. The molecule has 0 radical (unpaired) electrons. The van der Waals surface area contributed by atoms with Crippen molar-refractivity contribution in [2.24, 2.45) is 11.8 Å². The van der Waals surface area contributed by atoms with Crippen molar-refractivity contribution in [2.75, 3.05) is 6.54 Å². The van der Waals surface area contributed by atoms with Gasteiger partial charge in [0, 0.05) is 24.0 Å². The van der Waals surface area contributed by atoms with Crippen molar-refractivity contribution in [1.82, 2.24) is 14.5 Å². The number of rotatable bonds is 7. The fourth-order valence-corrected chi connectivity index (χ4v) is 5.60. The summed E-state index contributed by atoms with van der Waals surface area (Å²) in [5.74, 6) is -0.181. The second kappa shape index (κ2) is 10.2. The summed E-state index contributed by atoms with van der Waals surface area (Å²) < 4.78 is 16.8. The fourth-order valence-electron chi connectivity index (χ4n) is 4.53. The molecule has 1 saturated carbocycles. The molecule has 0 saturated heterocycles. The molecule has 1 aliphatic carbocycles. The standard InChI is InChI=1S/C24H27ClFN3O3S/c1-2-10-27-22(30)16-5-3-15(4-6-16)13-29-23(31)21-20(9-11-33-21)28(24(29)32)14-17-7-8-18(26)12-19(17)25/h7-9,11-12,15-16H,2-6,10,13-14H2,1H3,(H,27,30). The van der Waals surface area contributed by atoms with Crippen LogP contribution in [0.4, 0.5) is 4.39 Å². The summed E-state index contributed by atoms with van der Waals surface area (Å²) in [6.07, 6.45) is 4.01. The molecule has 0 bridgehead atoms. The summed E-state index contributed by atoms with van der Waals surface area (Å²) in [5, 5.41) is 4.99. The molecule has 2 aromatic heterocycles. The van der Waals surface area contributed by atoms with E-state index < -0.39 is 11.5 Å². The molecule has 9 heteroatoms. The van der Waals surface area contributed by atoms with E-state index in [2.05, 4.69) is 5.32 Å². The van der Waals surface area contributed by atoms with Crippen LogP contribution < -0.4 is 16.6 Å². The van der Waals surface area contributed by atoms with Gasteiger partial charge in [0.2, 0.25) is 5.91 Å². The zero-order chi connectivity index (χ0) is 23.5. The highest BCUT2D eigenvalue weighted by molar-refractivity contribution is 7.17.